The molecule has 2 N–H and O–H groups in total. The Balaban J connectivity index is 2.36. The minimum Gasteiger partial charge on any atom is -0.502 e. The Morgan fingerprint density at radius 1 is 1.20 bits per heavy atom. The van der Waals surface area contributed by atoms with Crippen LogP contribution in [0.5, 0.6) is 5.75 Å². The van der Waals surface area contributed by atoms with Crippen LogP contribution in [0.1, 0.15) is 10.4 Å². The second kappa shape index (κ2) is 5.87. The standard InChI is InChI=1S/C13H9IN2O4/c14-10-7-6-9(12(17)11(10)16(19)20)13(18)15-8-4-2-1-3-5-8/h1-7,17H,(H,15,18). The molecule has 2 aromatic carbocycles. The van der Waals surface area contributed by atoms with Crippen LogP contribution < -0.4 is 5.32 Å². The molecular formula is C13H9IN2O4. The first-order valence-corrected chi connectivity index (χ1v) is 6.61. The second-order valence-corrected chi connectivity index (χ2v) is 5.03. The molecule has 2 aromatic rings. The number of anilines is 1. The third kappa shape index (κ3) is 2.87. The molecule has 0 atom stereocenters. The molecule has 0 fully saturated rings. The average molecular weight is 384 g/mol. The predicted molar refractivity (Wildman–Crippen MR) is 81.9 cm³/mol. The molecule has 6 nitrogen and oxygen atoms in total. The minimum absolute atomic E-state index is 0.138. The van der Waals surface area contributed by atoms with Crippen LogP contribution in [-0.4, -0.2) is 15.9 Å². The maximum atomic E-state index is 12.0. The van der Waals surface area contributed by atoms with E-state index in [4.69, 9.17) is 0 Å². The molecule has 20 heavy (non-hydrogen) atoms. The number of aromatic hydroxyl groups is 1. The Morgan fingerprint density at radius 3 is 2.45 bits per heavy atom. The Bertz CT molecular complexity index is 674. The summed E-state index contributed by atoms with van der Waals surface area (Å²) in [7, 11) is 0. The van der Waals surface area contributed by atoms with Gasteiger partial charge in [-0.3, -0.25) is 14.9 Å². The van der Waals surface area contributed by atoms with Gasteiger partial charge in [-0.1, -0.05) is 18.2 Å². The number of nitrogens with zero attached hydrogens (tertiary/aromatic N) is 1. The summed E-state index contributed by atoms with van der Waals surface area (Å²) in [5, 5.41) is 23.3. The minimum atomic E-state index is -0.712. The van der Waals surface area contributed by atoms with Crippen LogP contribution in [0.25, 0.3) is 0 Å². The second-order valence-electron chi connectivity index (χ2n) is 3.87. The lowest BCUT2D eigenvalue weighted by atomic mass is 10.1. The molecule has 1 amide bonds. The van der Waals surface area contributed by atoms with Gasteiger partial charge >= 0.3 is 5.69 Å². The van der Waals surface area contributed by atoms with E-state index in [2.05, 4.69) is 5.32 Å². The molecule has 102 valence electrons. The van der Waals surface area contributed by atoms with Crippen molar-refractivity contribution in [3.63, 3.8) is 0 Å². The number of halogens is 1. The molecule has 0 radical (unpaired) electrons. The maximum absolute atomic E-state index is 12.0. The van der Waals surface area contributed by atoms with Crippen LogP contribution in [0.2, 0.25) is 0 Å². The molecule has 0 aliphatic heterocycles. The van der Waals surface area contributed by atoms with Crippen LogP contribution in [0.15, 0.2) is 42.5 Å². The highest BCUT2D eigenvalue weighted by Gasteiger charge is 2.24. The van der Waals surface area contributed by atoms with Gasteiger partial charge in [0.15, 0.2) is 0 Å². The number of para-hydroxylation sites is 1. The Labute approximate surface area is 127 Å². The molecule has 0 heterocycles. The number of nitrogens with one attached hydrogen (secondary N) is 1. The van der Waals surface area contributed by atoms with E-state index in [0.717, 1.165) is 0 Å². The van der Waals surface area contributed by atoms with Gasteiger partial charge in [0.25, 0.3) is 5.91 Å². The highest BCUT2D eigenvalue weighted by molar-refractivity contribution is 14.1. The summed E-state index contributed by atoms with van der Waals surface area (Å²) >= 11 is 1.73. The van der Waals surface area contributed by atoms with Crippen molar-refractivity contribution in [1.82, 2.24) is 0 Å². The van der Waals surface area contributed by atoms with Crippen molar-refractivity contribution in [3.8, 4) is 5.75 Å². The number of carbonyl (C=O) groups is 1. The number of nitro benzene ring substituents is 1. The molecule has 0 aromatic heterocycles. The summed E-state index contributed by atoms with van der Waals surface area (Å²) in [6.45, 7) is 0. The summed E-state index contributed by atoms with van der Waals surface area (Å²) in [4.78, 5) is 22.2. The molecule has 0 saturated heterocycles. The van der Waals surface area contributed by atoms with E-state index in [1.54, 1.807) is 52.9 Å². The average Bonchev–Trinajstić information content (AvgIpc) is 2.39. The smallest absolute Gasteiger partial charge is 0.324 e. The summed E-state index contributed by atoms with van der Waals surface area (Å²) in [6, 6.07) is 11.4. The Hall–Kier alpha value is -2.16. The number of phenols is 1. The molecule has 0 bridgehead atoms. The highest BCUT2D eigenvalue weighted by Crippen LogP contribution is 2.34. The van der Waals surface area contributed by atoms with Crippen LogP contribution >= 0.6 is 22.6 Å². The molecule has 0 aliphatic rings. The lowest BCUT2D eigenvalue weighted by Crippen LogP contribution is -2.12. The molecule has 0 aliphatic carbocycles. The van der Waals surface area contributed by atoms with Crippen molar-refractivity contribution < 1.29 is 14.8 Å². The summed E-state index contributed by atoms with van der Waals surface area (Å²) in [6.07, 6.45) is 0. The highest BCUT2D eigenvalue weighted by atomic mass is 127. The molecular weight excluding hydrogens is 375 g/mol. The van der Waals surface area contributed by atoms with Crippen molar-refractivity contribution in [3.05, 3.63) is 61.7 Å². The van der Waals surface area contributed by atoms with E-state index in [0.29, 0.717) is 5.69 Å². The SMILES string of the molecule is O=C(Nc1ccccc1)c1ccc(I)c([N+](=O)[O-])c1O. The van der Waals surface area contributed by atoms with E-state index in [9.17, 15) is 20.0 Å². The molecule has 7 heteroatoms. The van der Waals surface area contributed by atoms with E-state index < -0.39 is 22.3 Å². The van der Waals surface area contributed by atoms with Gasteiger partial charge in [-0.05, 0) is 46.9 Å². The van der Waals surface area contributed by atoms with Gasteiger partial charge in [-0.25, -0.2) is 0 Å². The monoisotopic (exact) mass is 384 g/mol. The first-order valence-electron chi connectivity index (χ1n) is 5.53. The number of rotatable bonds is 3. The zero-order chi connectivity index (χ0) is 14.7. The first kappa shape index (κ1) is 14.3. The van der Waals surface area contributed by atoms with Crippen LogP contribution in [0.4, 0.5) is 11.4 Å². The van der Waals surface area contributed by atoms with Crippen molar-refractivity contribution in [1.29, 1.82) is 0 Å². The van der Waals surface area contributed by atoms with E-state index in [1.165, 1.54) is 12.1 Å². The number of hydrogen-bond acceptors (Lipinski definition) is 4. The number of nitro groups is 1. The van der Waals surface area contributed by atoms with Crippen molar-refractivity contribution in [2.24, 2.45) is 0 Å². The normalized spacial score (nSPS) is 10.1. The van der Waals surface area contributed by atoms with Crippen LogP contribution in [0, 0.1) is 13.7 Å². The van der Waals surface area contributed by atoms with Gasteiger partial charge in [0.2, 0.25) is 5.75 Å². The van der Waals surface area contributed by atoms with E-state index in [1.807, 2.05) is 0 Å². The van der Waals surface area contributed by atoms with Gasteiger partial charge in [-0.15, -0.1) is 0 Å². The number of amides is 1. The molecule has 0 unspecified atom stereocenters. The van der Waals surface area contributed by atoms with Crippen LogP contribution in [-0.2, 0) is 0 Å². The third-order valence-corrected chi connectivity index (χ3v) is 3.43. The fourth-order valence-corrected chi connectivity index (χ4v) is 2.26. The quantitative estimate of drug-likeness (QED) is 0.483. The summed E-state index contributed by atoms with van der Waals surface area (Å²) in [5.74, 6) is -1.23. The first-order chi connectivity index (χ1) is 9.50. The van der Waals surface area contributed by atoms with Gasteiger partial charge < -0.3 is 10.4 Å². The number of benzene rings is 2. The summed E-state index contributed by atoms with van der Waals surface area (Å²) in [5.41, 5.74) is -0.0645. The maximum Gasteiger partial charge on any atom is 0.324 e. The number of phenolic OH excluding ortho intramolecular Hbond substituents is 1. The van der Waals surface area contributed by atoms with Crippen molar-refractivity contribution >= 4 is 39.9 Å². The lowest BCUT2D eigenvalue weighted by molar-refractivity contribution is -0.386. The number of carbonyl (C=O) groups excluding carboxylic acids is 1. The lowest BCUT2D eigenvalue weighted by Gasteiger charge is -2.07. The van der Waals surface area contributed by atoms with Crippen molar-refractivity contribution in [2.75, 3.05) is 5.32 Å². The van der Waals surface area contributed by atoms with E-state index in [-0.39, 0.29) is 9.13 Å². The van der Waals surface area contributed by atoms with Crippen molar-refractivity contribution in [2.45, 2.75) is 0 Å². The van der Waals surface area contributed by atoms with Crippen LogP contribution in [0.3, 0.4) is 0 Å². The van der Waals surface area contributed by atoms with Gasteiger partial charge in [0.1, 0.15) is 0 Å². The Morgan fingerprint density at radius 2 is 1.85 bits per heavy atom. The topological polar surface area (TPSA) is 92.5 Å². The van der Waals surface area contributed by atoms with E-state index >= 15 is 0 Å². The van der Waals surface area contributed by atoms with Gasteiger partial charge in [0, 0.05) is 5.69 Å². The third-order valence-electron chi connectivity index (χ3n) is 2.56. The van der Waals surface area contributed by atoms with Gasteiger partial charge in [0.05, 0.1) is 14.1 Å². The fourth-order valence-electron chi connectivity index (χ4n) is 1.63. The predicted octanol–water partition coefficient (Wildman–Crippen LogP) is 3.16. The number of hydrogen-bond donors (Lipinski definition) is 2. The molecule has 0 saturated carbocycles. The zero-order valence-corrected chi connectivity index (χ0v) is 12.2. The van der Waals surface area contributed by atoms with Gasteiger partial charge in [-0.2, -0.15) is 0 Å². The Kier molecular flexibility index (Phi) is 4.18. The fraction of sp³-hybridized carbons (Fsp3) is 0. The zero-order valence-electron chi connectivity index (χ0n) is 10.0. The molecule has 0 spiro atoms. The molecule has 2 rings (SSSR count). The largest absolute Gasteiger partial charge is 0.502 e. The summed E-state index contributed by atoms with van der Waals surface area (Å²) < 4.78 is 0.265.